The van der Waals surface area contributed by atoms with Crippen molar-refractivity contribution in [3.8, 4) is 33.8 Å². The fraction of sp³-hybridized carbons (Fsp3) is 0.381. The summed E-state index contributed by atoms with van der Waals surface area (Å²) in [5.74, 6) is 1.73. The van der Waals surface area contributed by atoms with E-state index in [9.17, 15) is 9.18 Å². The number of hydrogen-bond acceptors (Lipinski definition) is 6. The van der Waals surface area contributed by atoms with Gasteiger partial charge >= 0.3 is 5.97 Å². The van der Waals surface area contributed by atoms with E-state index in [1.54, 1.807) is 12.1 Å². The van der Waals surface area contributed by atoms with Gasteiger partial charge in [0.1, 0.15) is 17.3 Å². The third-order valence-electron chi connectivity index (χ3n) is 9.22. The molecule has 7 heteroatoms. The first-order chi connectivity index (χ1) is 23.8. The van der Waals surface area contributed by atoms with Gasteiger partial charge in [-0.1, -0.05) is 36.4 Å². The Morgan fingerprint density at radius 1 is 0.980 bits per heavy atom. The Hall–Kier alpha value is -4.49. The topological polar surface area (TPSA) is 66.9 Å². The summed E-state index contributed by atoms with van der Waals surface area (Å²) in [6, 6.07) is 21.0. The number of fused-ring (bicyclic) bond motifs is 1. The van der Waals surface area contributed by atoms with Crippen LogP contribution in [0, 0.1) is 18.7 Å². The highest BCUT2D eigenvalue weighted by Crippen LogP contribution is 2.42. The molecule has 0 amide bonds. The third kappa shape index (κ3) is 8.95. The highest BCUT2D eigenvalue weighted by atomic mass is 19.1. The second kappa shape index (κ2) is 16.3. The predicted molar refractivity (Wildman–Crippen MR) is 191 cm³/mol. The smallest absolute Gasteiger partial charge is 0.310 e. The van der Waals surface area contributed by atoms with Crippen LogP contribution < -0.4 is 9.47 Å². The van der Waals surface area contributed by atoms with E-state index in [0.717, 1.165) is 108 Å². The minimum absolute atomic E-state index is 0.115. The van der Waals surface area contributed by atoms with Crippen molar-refractivity contribution in [1.82, 2.24) is 4.98 Å². The van der Waals surface area contributed by atoms with Crippen LogP contribution in [0.3, 0.4) is 0 Å². The number of carbonyl (C=O) groups is 1. The molecule has 0 spiro atoms. The van der Waals surface area contributed by atoms with E-state index in [1.807, 2.05) is 32.9 Å². The van der Waals surface area contributed by atoms with Gasteiger partial charge in [0.2, 0.25) is 0 Å². The lowest BCUT2D eigenvalue weighted by Crippen LogP contribution is -2.16. The van der Waals surface area contributed by atoms with Crippen LogP contribution in [0.5, 0.6) is 11.5 Å². The van der Waals surface area contributed by atoms with Crippen molar-refractivity contribution < 1.29 is 28.1 Å². The first-order valence-corrected chi connectivity index (χ1v) is 17.5. The minimum atomic E-state index is -0.277. The zero-order valence-corrected chi connectivity index (χ0v) is 28.8. The molecule has 1 saturated heterocycles. The average Bonchev–Trinajstić information content (AvgIpc) is 3.10. The summed E-state index contributed by atoms with van der Waals surface area (Å²) in [5.41, 5.74) is 8.67. The number of nitrogens with zero attached hydrogens (tertiary/aromatic N) is 1. The maximum atomic E-state index is 13.3. The van der Waals surface area contributed by atoms with Crippen LogP contribution >= 0.6 is 0 Å². The van der Waals surface area contributed by atoms with E-state index in [1.165, 1.54) is 17.7 Å². The van der Waals surface area contributed by atoms with Gasteiger partial charge in [0.05, 0.1) is 31.4 Å². The van der Waals surface area contributed by atoms with Gasteiger partial charge in [-0.05, 0) is 135 Å². The van der Waals surface area contributed by atoms with Crippen LogP contribution in [0.1, 0.15) is 67.6 Å². The number of benzene rings is 3. The van der Waals surface area contributed by atoms with Crippen LogP contribution in [0.4, 0.5) is 4.39 Å². The first kappa shape index (κ1) is 34.4. The third-order valence-corrected chi connectivity index (χ3v) is 9.22. The van der Waals surface area contributed by atoms with Gasteiger partial charge in [0.15, 0.2) is 0 Å². The molecule has 256 valence electrons. The number of hydrogen-bond donors (Lipinski definition) is 0. The van der Waals surface area contributed by atoms with E-state index in [4.69, 9.17) is 23.9 Å². The lowest BCUT2D eigenvalue weighted by molar-refractivity contribution is -0.146. The van der Waals surface area contributed by atoms with Gasteiger partial charge in [0.25, 0.3) is 0 Å². The number of pyridine rings is 1. The number of aryl methyl sites for hydroxylation is 2. The number of carbonyl (C=O) groups excluding carboxylic acids is 1. The molecule has 1 fully saturated rings. The molecule has 6 rings (SSSR count). The molecule has 0 saturated carbocycles. The SMILES string of the molecule is Cc1nc(/C=C/CC2CCOCC2)c(-c2ccc(OCCc3ccc(F)cc3)cc2)c(-c2ccc3c(c2)CCCO3)c1CC(=O)OC(C)C. The maximum absolute atomic E-state index is 13.3. The highest BCUT2D eigenvalue weighted by Gasteiger charge is 2.24. The molecular weight excluding hydrogens is 617 g/mol. The molecule has 0 N–H and O–H groups in total. The Morgan fingerprint density at radius 3 is 2.49 bits per heavy atom. The molecule has 3 aromatic carbocycles. The molecule has 2 aliphatic rings. The molecule has 6 nitrogen and oxygen atoms in total. The monoisotopic (exact) mass is 663 g/mol. The summed E-state index contributed by atoms with van der Waals surface area (Å²) in [6.45, 7) is 8.55. The summed E-state index contributed by atoms with van der Waals surface area (Å²) in [7, 11) is 0. The van der Waals surface area contributed by atoms with Crippen molar-refractivity contribution in [1.29, 1.82) is 0 Å². The number of allylic oxidation sites excluding steroid dienone is 1. The van der Waals surface area contributed by atoms with Crippen LogP contribution in [0.15, 0.2) is 72.8 Å². The number of esters is 1. The first-order valence-electron chi connectivity index (χ1n) is 17.5. The van der Waals surface area contributed by atoms with Crippen LogP contribution in [-0.2, 0) is 33.5 Å². The molecule has 1 aromatic heterocycles. The molecule has 0 aliphatic carbocycles. The standard InChI is InChI=1S/C42H46FNO5/c1-28(2)49-40(45)27-37-29(3)44-38(8-4-6-30-19-23-46-24-20-30)42(41(37)34-13-18-39-33(26-34)7-5-22-48-39)32-11-16-36(17-12-32)47-25-21-31-9-14-35(43)15-10-31/h4,8-18,26,28,30H,5-7,19-25,27H2,1-3H3/b8-4+. The van der Waals surface area contributed by atoms with E-state index in [0.29, 0.717) is 18.9 Å². The van der Waals surface area contributed by atoms with Crippen molar-refractivity contribution >= 4 is 12.0 Å². The lowest BCUT2D eigenvalue weighted by atomic mass is 9.86. The Kier molecular flexibility index (Phi) is 11.4. The zero-order valence-electron chi connectivity index (χ0n) is 28.8. The predicted octanol–water partition coefficient (Wildman–Crippen LogP) is 9.13. The van der Waals surface area contributed by atoms with Crippen LogP contribution in [-0.4, -0.2) is 43.5 Å². The fourth-order valence-corrected chi connectivity index (χ4v) is 6.69. The van der Waals surface area contributed by atoms with E-state index in [2.05, 4.69) is 42.5 Å². The zero-order chi connectivity index (χ0) is 34.2. The summed E-state index contributed by atoms with van der Waals surface area (Å²) in [5, 5.41) is 0. The van der Waals surface area contributed by atoms with Gasteiger partial charge in [-0.25, -0.2) is 4.39 Å². The van der Waals surface area contributed by atoms with E-state index < -0.39 is 0 Å². The van der Waals surface area contributed by atoms with Gasteiger partial charge in [-0.2, -0.15) is 0 Å². The Balaban J connectivity index is 1.40. The molecule has 49 heavy (non-hydrogen) atoms. The summed E-state index contributed by atoms with van der Waals surface area (Å²) in [6.07, 6.45) is 9.95. The molecule has 0 bridgehead atoms. The van der Waals surface area contributed by atoms with E-state index in [-0.39, 0.29) is 24.3 Å². The molecular formula is C42H46FNO5. The van der Waals surface area contributed by atoms with E-state index >= 15 is 0 Å². The summed E-state index contributed by atoms with van der Waals surface area (Å²) < 4.78 is 36.6. The number of ether oxygens (including phenoxy) is 4. The number of rotatable bonds is 12. The largest absolute Gasteiger partial charge is 0.493 e. The lowest BCUT2D eigenvalue weighted by Gasteiger charge is -2.23. The number of halogens is 1. The highest BCUT2D eigenvalue weighted by molar-refractivity contribution is 5.93. The normalized spacial score (nSPS) is 14.9. The second-order valence-electron chi connectivity index (χ2n) is 13.2. The van der Waals surface area contributed by atoms with Gasteiger partial charge in [-0.15, -0.1) is 0 Å². The van der Waals surface area contributed by atoms with Crippen LogP contribution in [0.2, 0.25) is 0 Å². The van der Waals surface area contributed by atoms with Crippen molar-refractivity contribution in [3.63, 3.8) is 0 Å². The Labute approximate surface area is 289 Å². The van der Waals surface area contributed by atoms with Crippen molar-refractivity contribution in [2.24, 2.45) is 5.92 Å². The fourth-order valence-electron chi connectivity index (χ4n) is 6.69. The Bertz CT molecular complexity index is 1760. The van der Waals surface area contributed by atoms with Crippen molar-refractivity contribution in [2.75, 3.05) is 26.4 Å². The molecule has 0 atom stereocenters. The molecule has 4 aromatic rings. The average molecular weight is 664 g/mol. The van der Waals surface area contributed by atoms with Crippen molar-refractivity contribution in [3.05, 3.63) is 107 Å². The van der Waals surface area contributed by atoms with Crippen LogP contribution in [0.25, 0.3) is 28.3 Å². The van der Waals surface area contributed by atoms with Gasteiger partial charge < -0.3 is 18.9 Å². The molecule has 3 heterocycles. The van der Waals surface area contributed by atoms with Gasteiger partial charge in [-0.3, -0.25) is 9.78 Å². The second-order valence-corrected chi connectivity index (χ2v) is 13.2. The van der Waals surface area contributed by atoms with Gasteiger partial charge in [0, 0.05) is 30.9 Å². The summed E-state index contributed by atoms with van der Waals surface area (Å²) >= 11 is 0. The molecule has 0 unspecified atom stereocenters. The molecule has 0 radical (unpaired) electrons. The Morgan fingerprint density at radius 2 is 1.73 bits per heavy atom. The minimum Gasteiger partial charge on any atom is -0.493 e. The summed E-state index contributed by atoms with van der Waals surface area (Å²) in [4.78, 5) is 18.4. The maximum Gasteiger partial charge on any atom is 0.310 e. The quantitative estimate of drug-likeness (QED) is 0.141. The molecule has 2 aliphatic heterocycles. The van der Waals surface area contributed by atoms with Crippen molar-refractivity contribution in [2.45, 2.75) is 71.8 Å². The number of aromatic nitrogens is 1.